The van der Waals surface area contributed by atoms with Crippen molar-refractivity contribution in [2.75, 3.05) is 7.11 Å². The van der Waals surface area contributed by atoms with Gasteiger partial charge < -0.3 is 9.15 Å². The molecule has 72 valence electrons. The minimum atomic E-state index is 0.322. The third-order valence-electron chi connectivity index (χ3n) is 1.62. The second-order valence-corrected chi connectivity index (χ2v) is 2.92. The molecule has 0 aliphatic heterocycles. The molecule has 0 atom stereocenters. The lowest BCUT2D eigenvalue weighted by Crippen LogP contribution is -1.93. The number of ether oxygens (including phenoxy) is 1. The first-order valence-electron chi connectivity index (χ1n) is 3.92. The molecular weight excluding hydrogens is 204 g/mol. The van der Waals surface area contributed by atoms with Crippen molar-refractivity contribution in [1.29, 1.82) is 0 Å². The second-order valence-electron chi connectivity index (χ2n) is 2.53. The average molecular weight is 211 g/mol. The highest BCUT2D eigenvalue weighted by molar-refractivity contribution is 6.29. The molecule has 2 heterocycles. The van der Waals surface area contributed by atoms with Gasteiger partial charge in [0.15, 0.2) is 11.6 Å². The van der Waals surface area contributed by atoms with E-state index in [2.05, 4.69) is 9.97 Å². The molecule has 4 nitrogen and oxygen atoms in total. The van der Waals surface area contributed by atoms with Crippen molar-refractivity contribution in [1.82, 2.24) is 9.97 Å². The molecular formula is C9H7ClN2O2. The molecule has 0 saturated carbocycles. The molecule has 5 heteroatoms. The summed E-state index contributed by atoms with van der Waals surface area (Å²) in [5, 5.41) is 0.322. The summed E-state index contributed by atoms with van der Waals surface area (Å²) < 4.78 is 10.1. The van der Waals surface area contributed by atoms with Crippen LogP contribution in [0.3, 0.4) is 0 Å². The maximum absolute atomic E-state index is 5.77. The summed E-state index contributed by atoms with van der Waals surface area (Å²) in [7, 11) is 1.52. The fraction of sp³-hybridized carbons (Fsp3) is 0.111. The molecule has 2 rings (SSSR count). The fourth-order valence-corrected chi connectivity index (χ4v) is 1.19. The van der Waals surface area contributed by atoms with E-state index in [1.54, 1.807) is 18.4 Å². The Morgan fingerprint density at radius 3 is 2.93 bits per heavy atom. The zero-order valence-electron chi connectivity index (χ0n) is 7.40. The van der Waals surface area contributed by atoms with E-state index >= 15 is 0 Å². The molecule has 0 amide bonds. The van der Waals surface area contributed by atoms with Crippen molar-refractivity contribution < 1.29 is 9.15 Å². The molecule has 0 aromatic carbocycles. The van der Waals surface area contributed by atoms with Crippen molar-refractivity contribution in [3.05, 3.63) is 29.6 Å². The molecule has 0 unspecified atom stereocenters. The molecule has 0 fully saturated rings. The lowest BCUT2D eigenvalue weighted by atomic mass is 10.4. The second kappa shape index (κ2) is 3.67. The Bertz CT molecular complexity index is 428. The van der Waals surface area contributed by atoms with Crippen LogP contribution in [0.15, 0.2) is 28.9 Å². The van der Waals surface area contributed by atoms with Gasteiger partial charge in [0.2, 0.25) is 5.88 Å². The number of methoxy groups -OCH3 is 1. The topological polar surface area (TPSA) is 48.2 Å². The van der Waals surface area contributed by atoms with Crippen LogP contribution < -0.4 is 4.74 Å². The highest BCUT2D eigenvalue weighted by Gasteiger charge is 2.07. The van der Waals surface area contributed by atoms with E-state index in [-0.39, 0.29) is 0 Å². The minimum Gasteiger partial charge on any atom is -0.481 e. The summed E-state index contributed by atoms with van der Waals surface area (Å²) in [6, 6.07) is 5.05. The monoisotopic (exact) mass is 210 g/mol. The molecule has 14 heavy (non-hydrogen) atoms. The molecule has 0 aliphatic rings. The quantitative estimate of drug-likeness (QED) is 0.715. The summed E-state index contributed by atoms with van der Waals surface area (Å²) in [5.41, 5.74) is 0. The highest BCUT2D eigenvalue weighted by atomic mass is 35.5. The van der Waals surface area contributed by atoms with Crippen LogP contribution in [-0.4, -0.2) is 17.1 Å². The van der Waals surface area contributed by atoms with Gasteiger partial charge in [0, 0.05) is 6.07 Å². The van der Waals surface area contributed by atoms with Crippen LogP contribution >= 0.6 is 11.6 Å². The van der Waals surface area contributed by atoms with Crippen molar-refractivity contribution in [3.63, 3.8) is 0 Å². The van der Waals surface area contributed by atoms with Crippen LogP contribution in [0.2, 0.25) is 5.15 Å². The number of hydrogen-bond acceptors (Lipinski definition) is 4. The van der Waals surface area contributed by atoms with E-state index in [1.807, 2.05) is 0 Å². The van der Waals surface area contributed by atoms with Gasteiger partial charge in [-0.2, -0.15) is 4.98 Å². The molecule has 0 saturated heterocycles. The number of nitrogens with zero attached hydrogens (tertiary/aromatic N) is 2. The molecule has 2 aromatic rings. The van der Waals surface area contributed by atoms with Crippen LogP contribution in [0.5, 0.6) is 5.88 Å². The number of furan rings is 1. The Balaban J connectivity index is 2.48. The zero-order chi connectivity index (χ0) is 9.97. The average Bonchev–Trinajstić information content (AvgIpc) is 2.69. The third kappa shape index (κ3) is 1.70. The van der Waals surface area contributed by atoms with E-state index < -0.39 is 0 Å². The van der Waals surface area contributed by atoms with Gasteiger partial charge >= 0.3 is 0 Å². The molecule has 0 radical (unpaired) electrons. The van der Waals surface area contributed by atoms with E-state index in [9.17, 15) is 0 Å². The van der Waals surface area contributed by atoms with E-state index in [0.717, 1.165) is 0 Å². The summed E-state index contributed by atoms with van der Waals surface area (Å²) in [6.45, 7) is 0. The van der Waals surface area contributed by atoms with Gasteiger partial charge in [-0.3, -0.25) is 0 Å². The molecule has 0 N–H and O–H groups in total. The fourth-order valence-electron chi connectivity index (χ4n) is 1.02. The van der Waals surface area contributed by atoms with Gasteiger partial charge in [0.05, 0.1) is 13.4 Å². The zero-order valence-corrected chi connectivity index (χ0v) is 8.15. The standard InChI is InChI=1S/C9H7ClN2O2/c1-13-8-5-7(10)11-9(12-8)6-3-2-4-14-6/h2-5H,1H3. The van der Waals surface area contributed by atoms with Crippen molar-refractivity contribution >= 4 is 11.6 Å². The Hall–Kier alpha value is -1.55. The maximum atomic E-state index is 5.77. The maximum Gasteiger partial charge on any atom is 0.218 e. The third-order valence-corrected chi connectivity index (χ3v) is 1.82. The summed E-state index contributed by atoms with van der Waals surface area (Å²) in [6.07, 6.45) is 1.55. The van der Waals surface area contributed by atoms with E-state index in [1.165, 1.54) is 13.2 Å². The first kappa shape index (κ1) is 9.02. The van der Waals surface area contributed by atoms with Crippen molar-refractivity contribution in [3.8, 4) is 17.5 Å². The summed E-state index contributed by atoms with van der Waals surface area (Å²) in [4.78, 5) is 8.09. The molecule has 0 spiro atoms. The van der Waals surface area contributed by atoms with Crippen LogP contribution in [-0.2, 0) is 0 Å². The van der Waals surface area contributed by atoms with Crippen LogP contribution in [0.1, 0.15) is 0 Å². The summed E-state index contributed by atoms with van der Waals surface area (Å²) >= 11 is 5.77. The number of rotatable bonds is 2. The van der Waals surface area contributed by atoms with Crippen LogP contribution in [0.4, 0.5) is 0 Å². The number of hydrogen-bond donors (Lipinski definition) is 0. The van der Waals surface area contributed by atoms with Gasteiger partial charge in [-0.15, -0.1) is 0 Å². The first-order chi connectivity index (χ1) is 6.79. The Kier molecular flexibility index (Phi) is 2.37. The van der Waals surface area contributed by atoms with Gasteiger partial charge in [-0.05, 0) is 12.1 Å². The van der Waals surface area contributed by atoms with Crippen molar-refractivity contribution in [2.24, 2.45) is 0 Å². The Morgan fingerprint density at radius 1 is 1.43 bits per heavy atom. The van der Waals surface area contributed by atoms with Crippen LogP contribution in [0.25, 0.3) is 11.6 Å². The summed E-state index contributed by atoms with van der Waals surface area (Å²) in [5.74, 6) is 1.39. The SMILES string of the molecule is COc1cc(Cl)nc(-c2ccco2)n1. The van der Waals surface area contributed by atoms with Gasteiger partial charge in [0.25, 0.3) is 0 Å². The Morgan fingerprint density at radius 2 is 2.29 bits per heavy atom. The normalized spacial score (nSPS) is 10.1. The molecule has 2 aromatic heterocycles. The van der Waals surface area contributed by atoms with E-state index in [0.29, 0.717) is 22.6 Å². The largest absolute Gasteiger partial charge is 0.481 e. The van der Waals surface area contributed by atoms with Gasteiger partial charge in [0.1, 0.15) is 5.15 Å². The van der Waals surface area contributed by atoms with Crippen molar-refractivity contribution in [2.45, 2.75) is 0 Å². The molecule has 0 aliphatic carbocycles. The number of halogens is 1. The molecule has 0 bridgehead atoms. The predicted octanol–water partition coefficient (Wildman–Crippen LogP) is 2.40. The predicted molar refractivity (Wildman–Crippen MR) is 51.3 cm³/mol. The van der Waals surface area contributed by atoms with Gasteiger partial charge in [-0.1, -0.05) is 11.6 Å². The Labute approximate surface area is 85.5 Å². The van der Waals surface area contributed by atoms with E-state index in [4.69, 9.17) is 20.8 Å². The lowest BCUT2D eigenvalue weighted by Gasteiger charge is -2.00. The lowest BCUT2D eigenvalue weighted by molar-refractivity contribution is 0.397. The van der Waals surface area contributed by atoms with Gasteiger partial charge in [-0.25, -0.2) is 4.98 Å². The number of aromatic nitrogens is 2. The smallest absolute Gasteiger partial charge is 0.218 e. The van der Waals surface area contributed by atoms with Crippen LogP contribution in [0, 0.1) is 0 Å². The minimum absolute atomic E-state index is 0.322. The first-order valence-corrected chi connectivity index (χ1v) is 4.30. The highest BCUT2D eigenvalue weighted by Crippen LogP contribution is 2.21.